The third kappa shape index (κ3) is 3.45. The first kappa shape index (κ1) is 17.4. The maximum absolute atomic E-state index is 12.9. The van der Waals surface area contributed by atoms with Gasteiger partial charge in [-0.15, -0.1) is 11.8 Å². The molecule has 138 valence electrons. The maximum Gasteiger partial charge on any atom is 0.253 e. The van der Waals surface area contributed by atoms with Crippen LogP contribution >= 0.6 is 11.8 Å². The van der Waals surface area contributed by atoms with Crippen LogP contribution in [-0.4, -0.2) is 59.5 Å². The van der Waals surface area contributed by atoms with Gasteiger partial charge in [-0.25, -0.2) is 0 Å². The number of carbonyl (C=O) groups is 3. The van der Waals surface area contributed by atoms with Crippen LogP contribution in [0.1, 0.15) is 36.0 Å². The molecule has 3 amide bonds. The molecule has 0 spiro atoms. The van der Waals surface area contributed by atoms with Crippen LogP contribution in [0.4, 0.5) is 5.69 Å². The monoisotopic (exact) mass is 373 g/mol. The summed E-state index contributed by atoms with van der Waals surface area (Å²) in [6.07, 6.45) is 3.98. The van der Waals surface area contributed by atoms with Crippen LogP contribution < -0.4 is 5.32 Å². The molecule has 1 N–H and O–H groups in total. The summed E-state index contributed by atoms with van der Waals surface area (Å²) >= 11 is 1.49. The van der Waals surface area contributed by atoms with Crippen molar-refractivity contribution in [2.24, 2.45) is 5.92 Å². The number of hydrogen-bond donors (Lipinski definition) is 1. The fraction of sp³-hybridized carbons (Fsp3) is 0.526. The van der Waals surface area contributed by atoms with Gasteiger partial charge >= 0.3 is 0 Å². The van der Waals surface area contributed by atoms with Crippen molar-refractivity contribution < 1.29 is 14.4 Å². The standard InChI is InChI=1S/C19H23N3O3S/c23-17-12-26-16-6-5-14(11-15(16)20-17)19(25)22-8-2-7-21(9-10-22)18(24)13-3-1-4-13/h5-6,11,13H,1-4,7-10,12H2,(H,20,23). The molecule has 0 radical (unpaired) electrons. The summed E-state index contributed by atoms with van der Waals surface area (Å²) in [5.74, 6) is 0.817. The number of anilines is 1. The van der Waals surface area contributed by atoms with Crippen molar-refractivity contribution in [3.63, 3.8) is 0 Å². The van der Waals surface area contributed by atoms with E-state index < -0.39 is 0 Å². The van der Waals surface area contributed by atoms with E-state index in [9.17, 15) is 14.4 Å². The second kappa shape index (κ2) is 7.31. The molecule has 1 aliphatic carbocycles. The molecule has 3 aliphatic rings. The fourth-order valence-corrected chi connectivity index (χ4v) is 4.44. The van der Waals surface area contributed by atoms with E-state index in [4.69, 9.17) is 0 Å². The van der Waals surface area contributed by atoms with Gasteiger partial charge in [0.1, 0.15) is 0 Å². The third-order valence-corrected chi connectivity index (χ3v) is 6.48. The molecule has 6 nitrogen and oxygen atoms in total. The molecule has 2 fully saturated rings. The predicted molar refractivity (Wildman–Crippen MR) is 100 cm³/mol. The Labute approximate surface area is 157 Å². The number of carbonyl (C=O) groups excluding carboxylic acids is 3. The van der Waals surface area contributed by atoms with Gasteiger partial charge in [0, 0.05) is 42.6 Å². The van der Waals surface area contributed by atoms with E-state index >= 15 is 0 Å². The van der Waals surface area contributed by atoms with E-state index in [-0.39, 0.29) is 23.6 Å². The number of hydrogen-bond acceptors (Lipinski definition) is 4. The summed E-state index contributed by atoms with van der Waals surface area (Å²) in [5, 5.41) is 2.83. The Balaban J connectivity index is 1.42. The SMILES string of the molecule is O=C1CSc2ccc(C(=O)N3CCCN(C(=O)C4CCC4)CC3)cc2N1. The molecule has 0 atom stereocenters. The van der Waals surface area contributed by atoms with Crippen molar-refractivity contribution in [3.8, 4) is 0 Å². The summed E-state index contributed by atoms with van der Waals surface area (Å²) < 4.78 is 0. The zero-order valence-corrected chi connectivity index (χ0v) is 15.5. The highest BCUT2D eigenvalue weighted by Crippen LogP contribution is 2.32. The third-order valence-electron chi connectivity index (χ3n) is 5.41. The summed E-state index contributed by atoms with van der Waals surface area (Å²) in [4.78, 5) is 41.7. The number of rotatable bonds is 2. The summed E-state index contributed by atoms with van der Waals surface area (Å²) in [5.41, 5.74) is 1.30. The van der Waals surface area contributed by atoms with Gasteiger partial charge in [0.2, 0.25) is 11.8 Å². The normalized spacial score (nSPS) is 20.7. The minimum Gasteiger partial charge on any atom is -0.341 e. The van der Waals surface area contributed by atoms with Crippen LogP contribution in [0.15, 0.2) is 23.1 Å². The molecule has 1 saturated heterocycles. The molecule has 0 aromatic heterocycles. The number of fused-ring (bicyclic) bond motifs is 1. The Hall–Kier alpha value is -2.02. The topological polar surface area (TPSA) is 69.7 Å². The van der Waals surface area contributed by atoms with Crippen molar-refractivity contribution in [1.82, 2.24) is 9.80 Å². The Morgan fingerprint density at radius 2 is 1.81 bits per heavy atom. The molecular formula is C19H23N3O3S. The fourth-order valence-electron chi connectivity index (χ4n) is 3.65. The maximum atomic E-state index is 12.9. The molecule has 4 rings (SSSR count). The molecule has 2 aliphatic heterocycles. The molecule has 0 unspecified atom stereocenters. The summed E-state index contributed by atoms with van der Waals surface area (Å²) in [6, 6.07) is 5.49. The summed E-state index contributed by atoms with van der Waals surface area (Å²) in [6.45, 7) is 2.57. The smallest absolute Gasteiger partial charge is 0.253 e. The molecular weight excluding hydrogens is 350 g/mol. The largest absolute Gasteiger partial charge is 0.341 e. The van der Waals surface area contributed by atoms with Gasteiger partial charge in [0.25, 0.3) is 5.91 Å². The lowest BCUT2D eigenvalue weighted by atomic mass is 9.84. The zero-order chi connectivity index (χ0) is 18.1. The minimum absolute atomic E-state index is 0.0319. The second-order valence-electron chi connectivity index (χ2n) is 7.15. The van der Waals surface area contributed by atoms with Crippen LogP contribution in [0.3, 0.4) is 0 Å². The number of nitrogens with zero attached hydrogens (tertiary/aromatic N) is 2. The van der Waals surface area contributed by atoms with Crippen molar-refractivity contribution >= 4 is 35.2 Å². The molecule has 1 aromatic rings. The van der Waals surface area contributed by atoms with E-state index in [0.717, 1.165) is 37.1 Å². The van der Waals surface area contributed by atoms with Gasteiger partial charge in [-0.05, 0) is 37.5 Å². The van der Waals surface area contributed by atoms with Crippen molar-refractivity contribution in [2.75, 3.05) is 37.2 Å². The quantitative estimate of drug-likeness (QED) is 0.863. The predicted octanol–water partition coefficient (Wildman–Crippen LogP) is 2.21. The molecule has 1 saturated carbocycles. The number of benzene rings is 1. The molecule has 1 aromatic carbocycles. The number of nitrogens with one attached hydrogen (secondary N) is 1. The Morgan fingerprint density at radius 1 is 1.04 bits per heavy atom. The van der Waals surface area contributed by atoms with E-state index in [1.54, 1.807) is 6.07 Å². The van der Waals surface area contributed by atoms with Gasteiger partial charge in [0.15, 0.2) is 0 Å². The lowest BCUT2D eigenvalue weighted by Gasteiger charge is -2.31. The number of thioether (sulfide) groups is 1. The Morgan fingerprint density at radius 3 is 2.58 bits per heavy atom. The highest BCUT2D eigenvalue weighted by molar-refractivity contribution is 8.00. The highest BCUT2D eigenvalue weighted by Gasteiger charge is 2.31. The molecule has 7 heteroatoms. The van der Waals surface area contributed by atoms with Crippen LogP contribution in [0.25, 0.3) is 0 Å². The van der Waals surface area contributed by atoms with Crippen molar-refractivity contribution in [3.05, 3.63) is 23.8 Å². The van der Waals surface area contributed by atoms with E-state index in [2.05, 4.69) is 5.32 Å². The van der Waals surface area contributed by atoms with Crippen molar-refractivity contribution in [2.45, 2.75) is 30.6 Å². The first-order valence-corrected chi connectivity index (χ1v) is 10.2. The molecule has 26 heavy (non-hydrogen) atoms. The van der Waals surface area contributed by atoms with E-state index in [0.29, 0.717) is 36.6 Å². The Bertz CT molecular complexity index is 748. The molecule has 2 heterocycles. The number of amides is 3. The van der Waals surface area contributed by atoms with E-state index in [1.165, 1.54) is 11.8 Å². The Kier molecular flexibility index (Phi) is 4.89. The lowest BCUT2D eigenvalue weighted by molar-refractivity contribution is -0.138. The van der Waals surface area contributed by atoms with Crippen LogP contribution in [0.2, 0.25) is 0 Å². The molecule has 0 bridgehead atoms. The average molecular weight is 373 g/mol. The second-order valence-corrected chi connectivity index (χ2v) is 8.16. The minimum atomic E-state index is -0.0352. The lowest BCUT2D eigenvalue weighted by Crippen LogP contribution is -2.41. The van der Waals surface area contributed by atoms with Crippen LogP contribution in [-0.2, 0) is 9.59 Å². The zero-order valence-electron chi connectivity index (χ0n) is 14.7. The van der Waals surface area contributed by atoms with Gasteiger partial charge in [-0.1, -0.05) is 6.42 Å². The van der Waals surface area contributed by atoms with Gasteiger partial charge in [0.05, 0.1) is 11.4 Å². The van der Waals surface area contributed by atoms with Gasteiger partial charge < -0.3 is 15.1 Å². The van der Waals surface area contributed by atoms with Crippen LogP contribution in [0, 0.1) is 5.92 Å². The van der Waals surface area contributed by atoms with Gasteiger partial charge in [-0.3, -0.25) is 14.4 Å². The highest BCUT2D eigenvalue weighted by atomic mass is 32.2. The average Bonchev–Trinajstić information content (AvgIpc) is 2.85. The van der Waals surface area contributed by atoms with Crippen molar-refractivity contribution in [1.29, 1.82) is 0 Å². The van der Waals surface area contributed by atoms with E-state index in [1.807, 2.05) is 21.9 Å². The first-order valence-electron chi connectivity index (χ1n) is 9.26. The van der Waals surface area contributed by atoms with Gasteiger partial charge in [-0.2, -0.15) is 0 Å². The first-order chi connectivity index (χ1) is 12.6. The van der Waals surface area contributed by atoms with Crippen LogP contribution in [0.5, 0.6) is 0 Å². The summed E-state index contributed by atoms with van der Waals surface area (Å²) in [7, 11) is 0.